The molecular weight excluding hydrogens is 444 g/mol. The van der Waals surface area contributed by atoms with Gasteiger partial charge in [0.1, 0.15) is 24.2 Å². The minimum Gasteiger partial charge on any atom is -0.740 e. The lowest BCUT2D eigenvalue weighted by atomic mass is 10.0. The SMILES string of the molecule is CON=Nc1ccc(C2CC2C2CC2c2ccc(C)cc2S(=O)(=O)O)c(OS(=O)[O-])c1. The molecule has 0 amide bonds. The average Bonchev–Trinajstić information content (AvgIpc) is 3.58. The van der Waals surface area contributed by atoms with E-state index in [9.17, 15) is 21.7 Å². The topological polar surface area (TPSA) is 138 Å². The minimum atomic E-state index is -4.31. The van der Waals surface area contributed by atoms with Crippen LogP contribution in [0.3, 0.4) is 0 Å². The van der Waals surface area contributed by atoms with Gasteiger partial charge in [0.15, 0.2) is 0 Å². The summed E-state index contributed by atoms with van der Waals surface area (Å²) in [4.78, 5) is 4.51. The van der Waals surface area contributed by atoms with E-state index in [0.29, 0.717) is 11.3 Å². The summed E-state index contributed by atoms with van der Waals surface area (Å²) in [7, 11) is -2.95. The molecule has 11 heteroatoms. The molecule has 0 radical (unpaired) electrons. The Hall–Kier alpha value is -2.34. The summed E-state index contributed by atoms with van der Waals surface area (Å²) in [5, 5.41) is 7.24. The van der Waals surface area contributed by atoms with Gasteiger partial charge in [-0.25, -0.2) is 4.21 Å². The largest absolute Gasteiger partial charge is 0.740 e. The van der Waals surface area contributed by atoms with E-state index >= 15 is 0 Å². The normalized spacial score (nSPS) is 25.9. The van der Waals surface area contributed by atoms with Gasteiger partial charge in [-0.15, -0.1) is 5.11 Å². The van der Waals surface area contributed by atoms with Crippen LogP contribution in [0.2, 0.25) is 0 Å². The predicted octanol–water partition coefficient (Wildman–Crippen LogP) is 3.97. The molecule has 5 atom stereocenters. The molecule has 2 aromatic rings. The van der Waals surface area contributed by atoms with Crippen molar-refractivity contribution in [2.75, 3.05) is 7.11 Å². The molecule has 0 bridgehead atoms. The highest BCUT2D eigenvalue weighted by atomic mass is 32.2. The first kappa shape index (κ1) is 21.9. The molecule has 0 aliphatic heterocycles. The zero-order chi connectivity index (χ0) is 22.3. The fraction of sp³-hybridized carbons (Fsp3) is 0.400. The van der Waals surface area contributed by atoms with Crippen LogP contribution in [0.1, 0.15) is 41.4 Å². The fourth-order valence-corrected chi connectivity index (χ4v) is 5.53. The zero-order valence-electron chi connectivity index (χ0n) is 16.8. The van der Waals surface area contributed by atoms with Gasteiger partial charge in [0.2, 0.25) is 0 Å². The van der Waals surface area contributed by atoms with Crippen LogP contribution >= 0.6 is 0 Å². The third kappa shape index (κ3) is 4.79. The minimum absolute atomic E-state index is 0.0316. The molecule has 4 rings (SSSR count). The number of rotatable bonds is 8. The van der Waals surface area contributed by atoms with Gasteiger partial charge in [-0.1, -0.05) is 18.2 Å². The van der Waals surface area contributed by atoms with Crippen molar-refractivity contribution in [2.24, 2.45) is 22.2 Å². The van der Waals surface area contributed by atoms with E-state index in [1.54, 1.807) is 25.1 Å². The lowest BCUT2D eigenvalue weighted by molar-refractivity contribution is 0.190. The molecule has 2 aromatic carbocycles. The maximum atomic E-state index is 11.8. The van der Waals surface area contributed by atoms with Gasteiger partial charge in [-0.2, -0.15) is 8.42 Å². The highest BCUT2D eigenvalue weighted by molar-refractivity contribution is 7.85. The van der Waals surface area contributed by atoms with Crippen LogP contribution in [-0.2, 0) is 26.3 Å². The van der Waals surface area contributed by atoms with E-state index in [1.165, 1.54) is 19.2 Å². The third-order valence-corrected chi connectivity index (χ3v) is 7.09. The van der Waals surface area contributed by atoms with E-state index in [4.69, 9.17) is 4.18 Å². The van der Waals surface area contributed by atoms with E-state index in [0.717, 1.165) is 24.0 Å². The Labute approximate surface area is 182 Å². The van der Waals surface area contributed by atoms with Crippen LogP contribution in [0.25, 0.3) is 0 Å². The predicted molar refractivity (Wildman–Crippen MR) is 110 cm³/mol. The number of hydrogen-bond donors (Lipinski definition) is 1. The molecule has 2 fully saturated rings. The molecule has 0 saturated heterocycles. The molecular formula is C20H21N2O7S2-. The Morgan fingerprint density at radius 1 is 1.10 bits per heavy atom. The molecule has 5 unspecified atom stereocenters. The van der Waals surface area contributed by atoms with Gasteiger partial charge >= 0.3 is 0 Å². The Balaban J connectivity index is 1.54. The molecule has 2 saturated carbocycles. The monoisotopic (exact) mass is 465 g/mol. The van der Waals surface area contributed by atoms with Gasteiger partial charge in [0.05, 0.1) is 10.6 Å². The second kappa shape index (κ2) is 8.30. The number of aryl methyl sites for hydroxylation is 1. The fourth-order valence-electron chi connectivity index (χ4n) is 4.39. The van der Waals surface area contributed by atoms with Crippen LogP contribution in [0.5, 0.6) is 5.75 Å². The van der Waals surface area contributed by atoms with Crippen LogP contribution < -0.4 is 4.18 Å². The van der Waals surface area contributed by atoms with Crippen molar-refractivity contribution in [1.82, 2.24) is 0 Å². The molecule has 166 valence electrons. The van der Waals surface area contributed by atoms with Crippen molar-refractivity contribution in [2.45, 2.75) is 36.5 Å². The second-order valence-electron chi connectivity index (χ2n) is 7.90. The Bertz CT molecular complexity index is 1170. The van der Waals surface area contributed by atoms with Crippen LogP contribution in [0.15, 0.2) is 51.7 Å². The van der Waals surface area contributed by atoms with Crippen molar-refractivity contribution < 1.29 is 30.8 Å². The first-order valence-corrected chi connectivity index (χ1v) is 12.1. The lowest BCUT2D eigenvalue weighted by Crippen LogP contribution is -2.04. The van der Waals surface area contributed by atoms with E-state index in [2.05, 4.69) is 15.2 Å². The standard InChI is InChI=1S/C20H22N2O7S2/c1-11-3-5-14(20(7-11)31(25,26)27)16-10-18(16)17-9-15(17)13-6-4-12(21-22-28-2)8-19(13)29-30(23)24/h3-8,15-18H,9-10H2,1-2H3,(H,23,24)(H,25,26,27)/p-1. The van der Waals surface area contributed by atoms with Crippen LogP contribution in [0.4, 0.5) is 5.69 Å². The first-order valence-electron chi connectivity index (χ1n) is 9.62. The molecule has 1 N–H and O–H groups in total. The highest BCUT2D eigenvalue weighted by Crippen LogP contribution is 2.66. The van der Waals surface area contributed by atoms with Gasteiger partial charge in [-0.3, -0.25) is 4.55 Å². The van der Waals surface area contributed by atoms with E-state index in [-0.39, 0.29) is 34.3 Å². The zero-order valence-corrected chi connectivity index (χ0v) is 18.4. The molecule has 0 aromatic heterocycles. The number of nitrogens with zero attached hydrogens (tertiary/aromatic N) is 2. The van der Waals surface area contributed by atoms with Crippen LogP contribution in [-0.4, -0.2) is 28.8 Å². The lowest BCUT2D eigenvalue weighted by Gasteiger charge is -2.13. The van der Waals surface area contributed by atoms with E-state index < -0.39 is 21.5 Å². The Morgan fingerprint density at radius 3 is 2.35 bits per heavy atom. The second-order valence-corrected chi connectivity index (χ2v) is 9.87. The quantitative estimate of drug-likeness (QED) is 0.269. The molecule has 2 aliphatic rings. The number of hydrogen-bond acceptors (Lipinski definition) is 8. The van der Waals surface area contributed by atoms with Gasteiger partial charge in [0, 0.05) is 11.3 Å². The molecule has 0 spiro atoms. The summed E-state index contributed by atoms with van der Waals surface area (Å²) in [5.74, 6) is 0.863. The number of benzene rings is 2. The summed E-state index contributed by atoms with van der Waals surface area (Å²) in [6.45, 7) is 1.77. The summed E-state index contributed by atoms with van der Waals surface area (Å²) in [6, 6.07) is 10.1. The van der Waals surface area contributed by atoms with Crippen molar-refractivity contribution in [3.05, 3.63) is 53.1 Å². The first-order chi connectivity index (χ1) is 14.7. The Kier molecular flexibility index (Phi) is 5.86. The third-order valence-electron chi connectivity index (χ3n) is 5.87. The summed E-state index contributed by atoms with van der Waals surface area (Å²) in [5.41, 5.74) is 2.55. The molecule has 2 aliphatic carbocycles. The van der Waals surface area contributed by atoms with Gasteiger partial charge in [0.25, 0.3) is 10.1 Å². The maximum Gasteiger partial charge on any atom is 0.294 e. The summed E-state index contributed by atoms with van der Waals surface area (Å²) in [6.07, 6.45) is 1.66. The maximum absolute atomic E-state index is 11.8. The van der Waals surface area contributed by atoms with Crippen molar-refractivity contribution in [3.63, 3.8) is 0 Å². The molecule has 9 nitrogen and oxygen atoms in total. The van der Waals surface area contributed by atoms with Crippen molar-refractivity contribution in [1.29, 1.82) is 0 Å². The molecule has 31 heavy (non-hydrogen) atoms. The smallest absolute Gasteiger partial charge is 0.294 e. The summed E-state index contributed by atoms with van der Waals surface area (Å²) >= 11 is -2.74. The average molecular weight is 466 g/mol. The van der Waals surface area contributed by atoms with Crippen molar-refractivity contribution >= 4 is 27.2 Å². The molecule has 0 heterocycles. The Morgan fingerprint density at radius 2 is 1.74 bits per heavy atom. The van der Waals surface area contributed by atoms with Crippen molar-refractivity contribution in [3.8, 4) is 5.75 Å². The van der Waals surface area contributed by atoms with Gasteiger partial charge in [-0.05, 0) is 72.3 Å². The van der Waals surface area contributed by atoms with Crippen LogP contribution in [0, 0.1) is 18.8 Å². The van der Waals surface area contributed by atoms with E-state index in [1.807, 2.05) is 6.07 Å². The highest BCUT2D eigenvalue weighted by Gasteiger charge is 2.55. The summed E-state index contributed by atoms with van der Waals surface area (Å²) < 4.78 is 60.5. The van der Waals surface area contributed by atoms with Gasteiger partial charge < -0.3 is 13.6 Å².